The second-order valence-electron chi connectivity index (χ2n) is 4.51. The van der Waals surface area contributed by atoms with Gasteiger partial charge in [0.05, 0.1) is 0 Å². The van der Waals surface area contributed by atoms with Gasteiger partial charge < -0.3 is 0 Å². The average molecular weight is 242 g/mol. The third-order valence-corrected chi connectivity index (χ3v) is 2.97. The molecule has 0 saturated carbocycles. The molecule has 96 valence electrons. The number of aromatic nitrogens is 1. The molecule has 0 spiro atoms. The van der Waals surface area contributed by atoms with Gasteiger partial charge in [-0.25, -0.2) is 4.98 Å². The Labute approximate surface area is 110 Å². The Morgan fingerprint density at radius 3 is 2.78 bits per heavy atom. The van der Waals surface area contributed by atoms with Crippen molar-refractivity contribution in [2.45, 2.75) is 51.9 Å². The number of pyridine rings is 1. The van der Waals surface area contributed by atoms with Crippen molar-refractivity contribution in [3.8, 4) is 6.07 Å². The van der Waals surface area contributed by atoms with E-state index in [2.05, 4.69) is 24.1 Å². The second-order valence-corrected chi connectivity index (χ2v) is 4.51. The van der Waals surface area contributed by atoms with Crippen molar-refractivity contribution in [1.29, 1.82) is 5.26 Å². The smallest absolute Gasteiger partial charge is 0.147 e. The first-order valence-corrected chi connectivity index (χ1v) is 6.90. The quantitative estimate of drug-likeness (QED) is 0.618. The topological polar surface area (TPSA) is 36.7 Å². The van der Waals surface area contributed by atoms with Crippen LogP contribution in [0.5, 0.6) is 0 Å². The normalized spacial score (nSPS) is 10.7. The third-order valence-electron chi connectivity index (χ3n) is 2.97. The minimum absolute atomic E-state index is 0.511. The number of unbranched alkanes of at least 4 members (excludes halogenated alkanes) is 6. The molecule has 0 aliphatic rings. The minimum Gasteiger partial charge on any atom is -0.245 e. The fraction of sp³-hybridized carbons (Fsp3) is 0.500. The fourth-order valence-corrected chi connectivity index (χ4v) is 1.90. The maximum Gasteiger partial charge on any atom is 0.147 e. The van der Waals surface area contributed by atoms with Crippen LogP contribution < -0.4 is 0 Å². The molecule has 18 heavy (non-hydrogen) atoms. The minimum atomic E-state index is 0.511. The van der Waals surface area contributed by atoms with Gasteiger partial charge in [0.1, 0.15) is 11.8 Å². The average Bonchev–Trinajstić information content (AvgIpc) is 2.42. The van der Waals surface area contributed by atoms with Crippen LogP contribution in [0.15, 0.2) is 24.4 Å². The van der Waals surface area contributed by atoms with Crippen LogP contribution in [-0.4, -0.2) is 4.98 Å². The molecule has 0 fully saturated rings. The molecule has 0 aliphatic heterocycles. The van der Waals surface area contributed by atoms with Crippen LogP contribution in [0, 0.1) is 11.3 Å². The van der Waals surface area contributed by atoms with Gasteiger partial charge in [-0.05, 0) is 18.9 Å². The molecule has 0 saturated heterocycles. The van der Waals surface area contributed by atoms with Gasteiger partial charge in [0.25, 0.3) is 0 Å². The number of hydrogen-bond acceptors (Lipinski definition) is 2. The second kappa shape index (κ2) is 9.41. The Morgan fingerprint density at radius 2 is 2.00 bits per heavy atom. The SMILES string of the molecule is CCCCCCCCC=Cc1cccnc1C#N. The van der Waals surface area contributed by atoms with Crippen molar-refractivity contribution in [2.24, 2.45) is 0 Å². The largest absolute Gasteiger partial charge is 0.245 e. The summed E-state index contributed by atoms with van der Waals surface area (Å²) in [5.41, 5.74) is 1.43. The van der Waals surface area contributed by atoms with Gasteiger partial charge in [-0.2, -0.15) is 5.26 Å². The van der Waals surface area contributed by atoms with Gasteiger partial charge in [0.15, 0.2) is 0 Å². The molecule has 1 aromatic rings. The standard InChI is InChI=1S/C16H22N2/c1-2-3-4-5-6-7-8-9-11-15-12-10-13-18-16(15)14-17/h9-13H,2-8H2,1H3. The molecule has 0 radical (unpaired) electrons. The third kappa shape index (κ3) is 5.63. The molecule has 1 rings (SSSR count). The van der Waals surface area contributed by atoms with Gasteiger partial charge in [0, 0.05) is 11.8 Å². The van der Waals surface area contributed by atoms with Crippen molar-refractivity contribution in [3.05, 3.63) is 35.7 Å². The predicted molar refractivity (Wildman–Crippen MR) is 76.0 cm³/mol. The van der Waals surface area contributed by atoms with Crippen molar-refractivity contribution >= 4 is 6.08 Å². The summed E-state index contributed by atoms with van der Waals surface area (Å²) in [7, 11) is 0. The van der Waals surface area contributed by atoms with Crippen LogP contribution in [0.2, 0.25) is 0 Å². The lowest BCUT2D eigenvalue weighted by molar-refractivity contribution is 0.611. The predicted octanol–water partition coefficient (Wildman–Crippen LogP) is 4.72. The van der Waals surface area contributed by atoms with Crippen LogP contribution in [0.3, 0.4) is 0 Å². The van der Waals surface area contributed by atoms with E-state index in [0.29, 0.717) is 5.69 Å². The summed E-state index contributed by atoms with van der Waals surface area (Å²) >= 11 is 0. The number of nitrogens with zero attached hydrogens (tertiary/aromatic N) is 2. The summed E-state index contributed by atoms with van der Waals surface area (Å²) in [6.07, 6.45) is 14.8. The van der Waals surface area contributed by atoms with Crippen LogP contribution in [-0.2, 0) is 0 Å². The van der Waals surface area contributed by atoms with Crippen LogP contribution in [0.25, 0.3) is 6.08 Å². The monoisotopic (exact) mass is 242 g/mol. The lowest BCUT2D eigenvalue weighted by atomic mass is 10.1. The van der Waals surface area contributed by atoms with E-state index in [1.54, 1.807) is 6.20 Å². The lowest BCUT2D eigenvalue weighted by Crippen LogP contribution is -1.85. The zero-order valence-corrected chi connectivity index (χ0v) is 11.2. The molecule has 1 heterocycles. The van der Waals surface area contributed by atoms with Gasteiger partial charge in [-0.3, -0.25) is 0 Å². The molecule has 0 N–H and O–H groups in total. The molecule has 0 unspecified atom stereocenters. The Hall–Kier alpha value is -1.62. The first-order chi connectivity index (χ1) is 8.88. The Bertz CT molecular complexity index is 402. The zero-order chi connectivity index (χ0) is 13.1. The Morgan fingerprint density at radius 1 is 1.22 bits per heavy atom. The number of allylic oxidation sites excluding steroid dienone is 1. The Balaban J connectivity index is 2.23. The molecule has 0 aromatic carbocycles. The van der Waals surface area contributed by atoms with E-state index in [-0.39, 0.29) is 0 Å². The van der Waals surface area contributed by atoms with E-state index in [4.69, 9.17) is 5.26 Å². The molecular weight excluding hydrogens is 220 g/mol. The summed E-state index contributed by atoms with van der Waals surface area (Å²) in [5.74, 6) is 0. The number of nitriles is 1. The molecule has 0 bridgehead atoms. The van der Waals surface area contributed by atoms with E-state index in [9.17, 15) is 0 Å². The number of hydrogen-bond donors (Lipinski definition) is 0. The lowest BCUT2D eigenvalue weighted by Gasteiger charge is -1.98. The van der Waals surface area contributed by atoms with Crippen molar-refractivity contribution in [2.75, 3.05) is 0 Å². The van der Waals surface area contributed by atoms with Gasteiger partial charge >= 0.3 is 0 Å². The fourth-order valence-electron chi connectivity index (χ4n) is 1.90. The summed E-state index contributed by atoms with van der Waals surface area (Å²) in [5, 5.41) is 8.90. The Kier molecular flexibility index (Phi) is 7.55. The highest BCUT2D eigenvalue weighted by molar-refractivity contribution is 5.54. The first-order valence-electron chi connectivity index (χ1n) is 6.90. The highest BCUT2D eigenvalue weighted by atomic mass is 14.7. The molecule has 0 atom stereocenters. The van der Waals surface area contributed by atoms with Gasteiger partial charge in [0.2, 0.25) is 0 Å². The van der Waals surface area contributed by atoms with E-state index >= 15 is 0 Å². The van der Waals surface area contributed by atoms with Crippen LogP contribution in [0.1, 0.15) is 63.1 Å². The zero-order valence-electron chi connectivity index (χ0n) is 11.2. The van der Waals surface area contributed by atoms with Gasteiger partial charge in [-0.15, -0.1) is 0 Å². The first kappa shape index (κ1) is 14.4. The van der Waals surface area contributed by atoms with Crippen LogP contribution in [0.4, 0.5) is 0 Å². The van der Waals surface area contributed by atoms with Crippen molar-refractivity contribution < 1.29 is 0 Å². The van der Waals surface area contributed by atoms with Crippen molar-refractivity contribution in [1.82, 2.24) is 4.98 Å². The number of rotatable bonds is 8. The van der Waals surface area contributed by atoms with E-state index in [1.807, 2.05) is 18.2 Å². The maximum atomic E-state index is 8.90. The van der Waals surface area contributed by atoms with E-state index < -0.39 is 0 Å². The van der Waals surface area contributed by atoms with Crippen LogP contribution >= 0.6 is 0 Å². The molecular formula is C16H22N2. The summed E-state index contributed by atoms with van der Waals surface area (Å²) in [4.78, 5) is 4.03. The van der Waals surface area contributed by atoms with E-state index in [0.717, 1.165) is 12.0 Å². The summed E-state index contributed by atoms with van der Waals surface area (Å²) < 4.78 is 0. The molecule has 2 heteroatoms. The van der Waals surface area contributed by atoms with Crippen molar-refractivity contribution in [3.63, 3.8) is 0 Å². The summed E-state index contributed by atoms with van der Waals surface area (Å²) in [6, 6.07) is 5.91. The molecule has 2 nitrogen and oxygen atoms in total. The highest BCUT2D eigenvalue weighted by Gasteiger charge is 1.96. The highest BCUT2D eigenvalue weighted by Crippen LogP contribution is 2.10. The molecule has 1 aromatic heterocycles. The molecule has 0 amide bonds. The molecule has 0 aliphatic carbocycles. The van der Waals surface area contributed by atoms with E-state index in [1.165, 1.54) is 38.5 Å². The maximum absolute atomic E-state index is 8.90. The summed E-state index contributed by atoms with van der Waals surface area (Å²) in [6.45, 7) is 2.24. The van der Waals surface area contributed by atoms with Gasteiger partial charge in [-0.1, -0.05) is 57.2 Å².